The topological polar surface area (TPSA) is 27.0 Å². The normalized spacial score (nSPS) is 11.9. The lowest BCUT2D eigenvalue weighted by atomic mass is 10.2. The second-order valence-corrected chi connectivity index (χ2v) is 3.35. The van der Waals surface area contributed by atoms with E-state index in [0.29, 0.717) is 5.56 Å². The fourth-order valence-corrected chi connectivity index (χ4v) is 1.16. The third kappa shape index (κ3) is 2.02. The molecule has 1 aromatic carbocycles. The third-order valence-electron chi connectivity index (χ3n) is 2.32. The maximum absolute atomic E-state index is 13.0. The molecule has 0 aliphatic carbocycles. The Morgan fingerprint density at radius 3 is 2.64 bits per heavy atom. The average molecular weight is 192 g/mol. The largest absolute Gasteiger partial charge is 0.359 e. The van der Waals surface area contributed by atoms with Gasteiger partial charge >= 0.3 is 0 Å². The molecule has 0 fully saturated rings. The van der Waals surface area contributed by atoms with Crippen LogP contribution < -0.4 is 4.90 Å². The summed E-state index contributed by atoms with van der Waals surface area (Å²) < 4.78 is 13.0. The lowest BCUT2D eigenvalue weighted by molar-refractivity contribution is 0.618. The number of anilines is 1. The van der Waals surface area contributed by atoms with Gasteiger partial charge in [-0.3, -0.25) is 0 Å². The molecule has 0 aliphatic rings. The van der Waals surface area contributed by atoms with Gasteiger partial charge in [0.15, 0.2) is 0 Å². The van der Waals surface area contributed by atoms with Crippen molar-refractivity contribution in [2.75, 3.05) is 11.9 Å². The fourth-order valence-electron chi connectivity index (χ4n) is 1.16. The van der Waals surface area contributed by atoms with Gasteiger partial charge in [0.05, 0.1) is 6.07 Å². The Morgan fingerprint density at radius 1 is 1.50 bits per heavy atom. The number of aryl methyl sites for hydroxylation is 1. The van der Waals surface area contributed by atoms with Crippen molar-refractivity contribution in [1.82, 2.24) is 0 Å². The maximum Gasteiger partial charge on any atom is 0.126 e. The van der Waals surface area contributed by atoms with Gasteiger partial charge in [0.1, 0.15) is 11.9 Å². The third-order valence-corrected chi connectivity index (χ3v) is 2.32. The van der Waals surface area contributed by atoms with Gasteiger partial charge in [-0.15, -0.1) is 0 Å². The van der Waals surface area contributed by atoms with Crippen LogP contribution >= 0.6 is 0 Å². The number of benzene rings is 1. The zero-order chi connectivity index (χ0) is 10.7. The molecule has 3 heteroatoms. The first-order valence-corrected chi connectivity index (χ1v) is 4.45. The van der Waals surface area contributed by atoms with E-state index >= 15 is 0 Å². The molecule has 14 heavy (non-hydrogen) atoms. The minimum Gasteiger partial charge on any atom is -0.359 e. The van der Waals surface area contributed by atoms with Crippen LogP contribution in [0.3, 0.4) is 0 Å². The Morgan fingerprint density at radius 2 is 2.14 bits per heavy atom. The summed E-state index contributed by atoms with van der Waals surface area (Å²) in [5, 5.41) is 8.72. The van der Waals surface area contributed by atoms with Gasteiger partial charge in [-0.1, -0.05) is 0 Å². The van der Waals surface area contributed by atoms with Gasteiger partial charge < -0.3 is 4.90 Å². The highest BCUT2D eigenvalue weighted by molar-refractivity contribution is 5.49. The molecule has 0 amide bonds. The van der Waals surface area contributed by atoms with E-state index < -0.39 is 0 Å². The highest BCUT2D eigenvalue weighted by atomic mass is 19.1. The van der Waals surface area contributed by atoms with E-state index in [1.54, 1.807) is 26.0 Å². The molecule has 0 aliphatic heterocycles. The summed E-state index contributed by atoms with van der Waals surface area (Å²) in [6.45, 7) is 3.52. The molecule has 0 radical (unpaired) electrons. The van der Waals surface area contributed by atoms with Crippen molar-refractivity contribution >= 4 is 5.69 Å². The molecule has 0 saturated heterocycles. The molecule has 1 unspecified atom stereocenters. The second kappa shape index (κ2) is 4.10. The van der Waals surface area contributed by atoms with Gasteiger partial charge in [0.2, 0.25) is 0 Å². The number of halogens is 1. The quantitative estimate of drug-likeness (QED) is 0.719. The average Bonchev–Trinajstić information content (AvgIpc) is 2.20. The van der Waals surface area contributed by atoms with Crippen LogP contribution in [0.15, 0.2) is 18.2 Å². The number of rotatable bonds is 2. The summed E-state index contributed by atoms with van der Waals surface area (Å²) >= 11 is 0. The SMILES string of the molecule is Cc1cc(N(C)C(C)C#N)ccc1F. The molecule has 0 heterocycles. The van der Waals surface area contributed by atoms with Crippen molar-refractivity contribution in [2.24, 2.45) is 0 Å². The second-order valence-electron chi connectivity index (χ2n) is 3.35. The van der Waals surface area contributed by atoms with Crippen LogP contribution in [-0.4, -0.2) is 13.1 Å². The number of hydrogen-bond acceptors (Lipinski definition) is 2. The van der Waals surface area contributed by atoms with E-state index in [0.717, 1.165) is 5.69 Å². The molecule has 74 valence electrons. The lowest BCUT2D eigenvalue weighted by Gasteiger charge is -2.22. The van der Waals surface area contributed by atoms with Crippen molar-refractivity contribution in [1.29, 1.82) is 5.26 Å². The maximum atomic E-state index is 13.0. The molecule has 1 rings (SSSR count). The fraction of sp³-hybridized carbons (Fsp3) is 0.364. The minimum atomic E-state index is -0.216. The van der Waals surface area contributed by atoms with E-state index in [2.05, 4.69) is 6.07 Å². The first-order valence-electron chi connectivity index (χ1n) is 4.45. The predicted octanol–water partition coefficient (Wildman–Crippen LogP) is 2.48. The number of nitriles is 1. The van der Waals surface area contributed by atoms with Gasteiger partial charge in [-0.05, 0) is 37.6 Å². The lowest BCUT2D eigenvalue weighted by Crippen LogP contribution is -2.27. The van der Waals surface area contributed by atoms with Crippen LogP contribution in [0.25, 0.3) is 0 Å². The monoisotopic (exact) mass is 192 g/mol. The zero-order valence-corrected chi connectivity index (χ0v) is 8.58. The predicted molar refractivity (Wildman–Crippen MR) is 54.6 cm³/mol. The van der Waals surface area contributed by atoms with Gasteiger partial charge in [0.25, 0.3) is 0 Å². The van der Waals surface area contributed by atoms with E-state index in [-0.39, 0.29) is 11.9 Å². The summed E-state index contributed by atoms with van der Waals surface area (Å²) in [4.78, 5) is 1.81. The Kier molecular flexibility index (Phi) is 3.08. The Bertz CT molecular complexity index is 368. The zero-order valence-electron chi connectivity index (χ0n) is 8.58. The van der Waals surface area contributed by atoms with Crippen LogP contribution in [-0.2, 0) is 0 Å². The van der Waals surface area contributed by atoms with Gasteiger partial charge in [-0.25, -0.2) is 4.39 Å². The Balaban J connectivity index is 2.98. The van der Waals surface area contributed by atoms with Gasteiger partial charge in [-0.2, -0.15) is 5.26 Å². The van der Waals surface area contributed by atoms with Crippen molar-refractivity contribution in [2.45, 2.75) is 19.9 Å². The summed E-state index contributed by atoms with van der Waals surface area (Å²) in [5.41, 5.74) is 1.46. The van der Waals surface area contributed by atoms with Crippen molar-refractivity contribution in [3.8, 4) is 6.07 Å². The summed E-state index contributed by atoms with van der Waals surface area (Å²) in [5.74, 6) is -0.216. The van der Waals surface area contributed by atoms with Crippen LogP contribution in [0.4, 0.5) is 10.1 Å². The molecule has 1 atom stereocenters. The van der Waals surface area contributed by atoms with Crippen LogP contribution in [0.5, 0.6) is 0 Å². The molecular formula is C11H13FN2. The van der Waals surface area contributed by atoms with E-state index in [4.69, 9.17) is 5.26 Å². The Labute approximate surface area is 83.6 Å². The molecule has 0 N–H and O–H groups in total. The Hall–Kier alpha value is -1.56. The molecule has 0 aromatic heterocycles. The smallest absolute Gasteiger partial charge is 0.126 e. The highest BCUT2D eigenvalue weighted by Crippen LogP contribution is 2.18. The molecule has 2 nitrogen and oxygen atoms in total. The van der Waals surface area contributed by atoms with Crippen LogP contribution in [0.1, 0.15) is 12.5 Å². The summed E-state index contributed by atoms with van der Waals surface area (Å²) in [7, 11) is 1.82. The van der Waals surface area contributed by atoms with E-state index in [1.165, 1.54) is 6.07 Å². The van der Waals surface area contributed by atoms with Crippen molar-refractivity contribution in [3.05, 3.63) is 29.6 Å². The molecule has 0 saturated carbocycles. The first kappa shape index (κ1) is 10.5. The van der Waals surface area contributed by atoms with E-state index in [9.17, 15) is 4.39 Å². The number of hydrogen-bond donors (Lipinski definition) is 0. The van der Waals surface area contributed by atoms with Crippen LogP contribution in [0, 0.1) is 24.1 Å². The van der Waals surface area contributed by atoms with Crippen molar-refractivity contribution in [3.63, 3.8) is 0 Å². The number of nitrogens with zero attached hydrogens (tertiary/aromatic N) is 2. The molecule has 0 spiro atoms. The highest BCUT2D eigenvalue weighted by Gasteiger charge is 2.09. The minimum absolute atomic E-state index is 0.208. The van der Waals surface area contributed by atoms with Crippen LogP contribution in [0.2, 0.25) is 0 Å². The molecular weight excluding hydrogens is 179 g/mol. The standard InChI is InChI=1S/C11H13FN2/c1-8-6-10(4-5-11(8)12)14(3)9(2)7-13/h4-6,9H,1-3H3. The van der Waals surface area contributed by atoms with Gasteiger partial charge in [0, 0.05) is 12.7 Å². The van der Waals surface area contributed by atoms with Crippen molar-refractivity contribution < 1.29 is 4.39 Å². The summed E-state index contributed by atoms with van der Waals surface area (Å²) in [6.07, 6.45) is 0. The molecule has 0 bridgehead atoms. The summed E-state index contributed by atoms with van der Waals surface area (Å²) in [6, 6.07) is 6.76. The first-order chi connectivity index (χ1) is 6.56. The van der Waals surface area contributed by atoms with E-state index in [1.807, 2.05) is 11.9 Å². The molecule has 1 aromatic rings.